The maximum Gasteiger partial charge on any atom is 0.123 e. The third-order valence-corrected chi connectivity index (χ3v) is 5.56. The van der Waals surface area contributed by atoms with Gasteiger partial charge >= 0.3 is 0 Å². The number of hydrogen-bond acceptors (Lipinski definition) is 4. The molecule has 2 heterocycles. The zero-order valence-corrected chi connectivity index (χ0v) is 16.4. The van der Waals surface area contributed by atoms with Crippen LogP contribution in [0.3, 0.4) is 0 Å². The molecular weight excluding hydrogens is 365 g/mol. The molecule has 3 aromatic rings. The molecule has 1 aromatic heterocycles. The Kier molecular flexibility index (Phi) is 6.06. The van der Waals surface area contributed by atoms with Crippen LogP contribution in [-0.4, -0.2) is 40.7 Å². The third-order valence-electron chi connectivity index (χ3n) is 5.56. The van der Waals surface area contributed by atoms with Crippen LogP contribution in [0.5, 0.6) is 5.75 Å². The molecular formula is C24H26FN3O. The SMILES string of the molecule is Oc1cccc(N(c2cccnc2)C2CCN(CCc3cccc(F)c3)CC2)c1. The van der Waals surface area contributed by atoms with Crippen LogP contribution in [0.1, 0.15) is 18.4 Å². The molecule has 1 aliphatic heterocycles. The molecule has 0 aliphatic carbocycles. The lowest BCUT2D eigenvalue weighted by molar-refractivity contribution is 0.215. The van der Waals surface area contributed by atoms with Crippen molar-refractivity contribution in [2.45, 2.75) is 25.3 Å². The highest BCUT2D eigenvalue weighted by molar-refractivity contribution is 5.64. The molecule has 0 amide bonds. The first-order chi connectivity index (χ1) is 14.2. The number of anilines is 2. The summed E-state index contributed by atoms with van der Waals surface area (Å²) in [6.45, 7) is 2.93. The number of pyridine rings is 1. The maximum atomic E-state index is 13.4. The minimum Gasteiger partial charge on any atom is -0.508 e. The van der Waals surface area contributed by atoms with Crippen LogP contribution in [0.25, 0.3) is 0 Å². The number of likely N-dealkylation sites (tertiary alicyclic amines) is 1. The summed E-state index contributed by atoms with van der Waals surface area (Å²) in [6, 6.07) is 18.6. The van der Waals surface area contributed by atoms with Crippen LogP contribution < -0.4 is 4.90 Å². The van der Waals surface area contributed by atoms with Crippen LogP contribution in [0, 0.1) is 5.82 Å². The molecule has 0 radical (unpaired) electrons. The van der Waals surface area contributed by atoms with E-state index in [2.05, 4.69) is 20.9 Å². The van der Waals surface area contributed by atoms with Crippen molar-refractivity contribution in [2.75, 3.05) is 24.5 Å². The second kappa shape index (κ2) is 9.05. The zero-order valence-electron chi connectivity index (χ0n) is 16.4. The van der Waals surface area contributed by atoms with Crippen molar-refractivity contribution in [1.82, 2.24) is 9.88 Å². The summed E-state index contributed by atoms with van der Waals surface area (Å²) >= 11 is 0. The lowest BCUT2D eigenvalue weighted by Gasteiger charge is -2.39. The van der Waals surface area contributed by atoms with Crippen molar-refractivity contribution >= 4 is 11.4 Å². The molecule has 29 heavy (non-hydrogen) atoms. The van der Waals surface area contributed by atoms with E-state index in [4.69, 9.17) is 0 Å². The van der Waals surface area contributed by atoms with Gasteiger partial charge in [0.1, 0.15) is 11.6 Å². The zero-order chi connectivity index (χ0) is 20.1. The van der Waals surface area contributed by atoms with E-state index in [0.717, 1.165) is 55.8 Å². The van der Waals surface area contributed by atoms with Gasteiger partial charge in [0.05, 0.1) is 11.9 Å². The van der Waals surface area contributed by atoms with Crippen molar-refractivity contribution in [3.63, 3.8) is 0 Å². The molecule has 0 spiro atoms. The standard InChI is InChI=1S/C24H26FN3O/c25-20-5-1-4-19(16-20)9-13-27-14-10-21(11-15-27)28(23-7-3-12-26-18-23)22-6-2-8-24(29)17-22/h1-8,12,16-18,21,29H,9-11,13-15H2. The molecule has 4 rings (SSSR count). The highest BCUT2D eigenvalue weighted by atomic mass is 19.1. The molecule has 1 aliphatic rings. The Morgan fingerprint density at radius 1 is 1.00 bits per heavy atom. The Hall–Kier alpha value is -2.92. The quantitative estimate of drug-likeness (QED) is 0.657. The van der Waals surface area contributed by atoms with Gasteiger partial charge in [-0.05, 0) is 61.2 Å². The van der Waals surface area contributed by atoms with Crippen LogP contribution in [0.2, 0.25) is 0 Å². The molecule has 0 bridgehead atoms. The highest BCUT2D eigenvalue weighted by Gasteiger charge is 2.26. The van der Waals surface area contributed by atoms with Gasteiger partial charge in [0.25, 0.3) is 0 Å². The lowest BCUT2D eigenvalue weighted by Crippen LogP contribution is -2.43. The van der Waals surface area contributed by atoms with E-state index in [1.807, 2.05) is 36.5 Å². The van der Waals surface area contributed by atoms with Crippen LogP contribution in [-0.2, 0) is 6.42 Å². The molecule has 1 fully saturated rings. The van der Waals surface area contributed by atoms with Gasteiger partial charge in [0, 0.05) is 43.6 Å². The molecule has 0 unspecified atom stereocenters. The van der Waals surface area contributed by atoms with E-state index in [9.17, 15) is 9.50 Å². The van der Waals surface area contributed by atoms with Crippen molar-refractivity contribution < 1.29 is 9.50 Å². The minimum absolute atomic E-state index is 0.167. The summed E-state index contributed by atoms with van der Waals surface area (Å²) in [5, 5.41) is 9.97. The van der Waals surface area contributed by atoms with E-state index in [-0.39, 0.29) is 11.6 Å². The van der Waals surface area contributed by atoms with Crippen LogP contribution in [0.15, 0.2) is 73.1 Å². The molecule has 0 saturated carbocycles. The van der Waals surface area contributed by atoms with E-state index in [1.54, 1.807) is 24.4 Å². The van der Waals surface area contributed by atoms with Gasteiger partial charge in [-0.15, -0.1) is 0 Å². The van der Waals surface area contributed by atoms with E-state index in [0.29, 0.717) is 6.04 Å². The van der Waals surface area contributed by atoms with Gasteiger partial charge in [0.15, 0.2) is 0 Å². The van der Waals surface area contributed by atoms with E-state index >= 15 is 0 Å². The number of phenolic OH excluding ortho intramolecular Hbond substituents is 1. The average molecular weight is 391 g/mol. The molecule has 1 saturated heterocycles. The summed E-state index contributed by atoms with van der Waals surface area (Å²) in [5.41, 5.74) is 3.07. The first kappa shape index (κ1) is 19.4. The Bertz CT molecular complexity index is 926. The fraction of sp³-hybridized carbons (Fsp3) is 0.292. The number of benzene rings is 2. The number of piperidine rings is 1. The summed E-state index contributed by atoms with van der Waals surface area (Å²) in [4.78, 5) is 9.03. The van der Waals surface area contributed by atoms with Gasteiger partial charge in [-0.25, -0.2) is 4.39 Å². The Balaban J connectivity index is 1.43. The summed E-state index contributed by atoms with van der Waals surface area (Å²) < 4.78 is 13.4. The molecule has 1 N–H and O–H groups in total. The third kappa shape index (κ3) is 4.93. The number of rotatable bonds is 6. The predicted octanol–water partition coefficient (Wildman–Crippen LogP) is 4.77. The first-order valence-corrected chi connectivity index (χ1v) is 10.1. The van der Waals surface area contributed by atoms with Gasteiger partial charge in [-0.3, -0.25) is 4.98 Å². The Morgan fingerprint density at radius 3 is 2.52 bits per heavy atom. The molecule has 2 aromatic carbocycles. The van der Waals surface area contributed by atoms with Crippen LogP contribution >= 0.6 is 0 Å². The fourth-order valence-corrected chi connectivity index (χ4v) is 4.09. The van der Waals surface area contributed by atoms with E-state index in [1.165, 1.54) is 6.07 Å². The summed E-state index contributed by atoms with van der Waals surface area (Å²) in [6.07, 6.45) is 6.56. The number of aromatic nitrogens is 1. The second-order valence-corrected chi connectivity index (χ2v) is 7.55. The number of aromatic hydroxyl groups is 1. The van der Waals surface area contributed by atoms with Gasteiger partial charge in [-0.1, -0.05) is 18.2 Å². The Morgan fingerprint density at radius 2 is 1.79 bits per heavy atom. The van der Waals surface area contributed by atoms with Crippen molar-refractivity contribution in [3.05, 3.63) is 84.4 Å². The maximum absolute atomic E-state index is 13.4. The summed E-state index contributed by atoms with van der Waals surface area (Å²) in [5.74, 6) is 0.100. The first-order valence-electron chi connectivity index (χ1n) is 10.1. The molecule has 0 atom stereocenters. The number of hydrogen-bond donors (Lipinski definition) is 1. The lowest BCUT2D eigenvalue weighted by atomic mass is 10.0. The molecule has 4 nitrogen and oxygen atoms in total. The molecule has 5 heteroatoms. The van der Waals surface area contributed by atoms with Gasteiger partial charge in [-0.2, -0.15) is 0 Å². The van der Waals surface area contributed by atoms with Crippen molar-refractivity contribution in [2.24, 2.45) is 0 Å². The van der Waals surface area contributed by atoms with Gasteiger partial charge < -0.3 is 14.9 Å². The average Bonchev–Trinajstić information content (AvgIpc) is 2.74. The molecule has 150 valence electrons. The highest BCUT2D eigenvalue weighted by Crippen LogP contribution is 2.33. The van der Waals surface area contributed by atoms with Gasteiger partial charge in [0.2, 0.25) is 0 Å². The topological polar surface area (TPSA) is 39.6 Å². The number of phenols is 1. The predicted molar refractivity (Wildman–Crippen MR) is 114 cm³/mol. The Labute approximate surface area is 171 Å². The minimum atomic E-state index is -0.167. The van der Waals surface area contributed by atoms with E-state index < -0.39 is 0 Å². The normalized spacial score (nSPS) is 15.3. The summed E-state index contributed by atoms with van der Waals surface area (Å²) in [7, 11) is 0. The van der Waals surface area contributed by atoms with Crippen molar-refractivity contribution in [1.29, 1.82) is 0 Å². The largest absolute Gasteiger partial charge is 0.508 e. The van der Waals surface area contributed by atoms with Crippen molar-refractivity contribution in [3.8, 4) is 5.75 Å². The number of nitrogens with zero attached hydrogens (tertiary/aromatic N) is 3. The smallest absolute Gasteiger partial charge is 0.123 e. The van der Waals surface area contributed by atoms with Crippen LogP contribution in [0.4, 0.5) is 15.8 Å². The number of halogens is 1. The fourth-order valence-electron chi connectivity index (χ4n) is 4.09. The second-order valence-electron chi connectivity index (χ2n) is 7.55. The monoisotopic (exact) mass is 391 g/mol.